The maximum absolute atomic E-state index is 10.1. The zero-order valence-corrected chi connectivity index (χ0v) is 10.8. The molecule has 1 N–H and O–H groups in total. The van der Waals surface area contributed by atoms with Gasteiger partial charge >= 0.3 is 0 Å². The third kappa shape index (κ3) is 2.42. The largest absolute Gasteiger partial charge is 0.384 e. The van der Waals surface area contributed by atoms with Crippen LogP contribution in [0.15, 0.2) is 39.5 Å². The average Bonchev–Trinajstić information content (AvgIpc) is 2.69. The van der Waals surface area contributed by atoms with E-state index in [0.29, 0.717) is 5.02 Å². The average molecular weight is 304 g/mol. The summed E-state index contributed by atoms with van der Waals surface area (Å²) < 4.78 is 0.828. The molecule has 0 spiro atoms. The Morgan fingerprint density at radius 2 is 2.13 bits per heavy atom. The van der Waals surface area contributed by atoms with Crippen LogP contribution in [-0.4, -0.2) is 5.11 Å². The molecule has 1 aromatic carbocycles. The Labute approximate surface area is 105 Å². The fourth-order valence-corrected chi connectivity index (χ4v) is 2.91. The third-order valence-electron chi connectivity index (χ3n) is 2.12. The summed E-state index contributed by atoms with van der Waals surface area (Å²) >= 11 is 10.8. The predicted octanol–water partition coefficient (Wildman–Crippen LogP) is 4.25. The van der Waals surface area contributed by atoms with Crippen molar-refractivity contribution >= 4 is 38.9 Å². The minimum absolute atomic E-state index is 0.595. The first-order chi connectivity index (χ1) is 7.18. The Balaban J connectivity index is 2.38. The molecule has 0 saturated heterocycles. The summed E-state index contributed by atoms with van der Waals surface area (Å²) in [6.45, 7) is 0. The van der Waals surface area contributed by atoms with Crippen molar-refractivity contribution in [2.24, 2.45) is 0 Å². The highest BCUT2D eigenvalue weighted by Gasteiger charge is 2.13. The fraction of sp³-hybridized carbons (Fsp3) is 0.0909. The lowest BCUT2D eigenvalue weighted by molar-refractivity contribution is 0.220. The highest BCUT2D eigenvalue weighted by atomic mass is 79.9. The minimum atomic E-state index is -0.595. The molecule has 0 amide bonds. The molecule has 4 heteroatoms. The van der Waals surface area contributed by atoms with Gasteiger partial charge in [0.05, 0.1) is 0 Å². The number of aliphatic hydroxyl groups excluding tert-OH is 1. The number of benzene rings is 1. The van der Waals surface area contributed by atoms with Gasteiger partial charge in [0.25, 0.3) is 0 Å². The molecule has 1 atom stereocenters. The van der Waals surface area contributed by atoms with E-state index in [4.69, 9.17) is 11.6 Å². The molecule has 0 saturated carbocycles. The van der Waals surface area contributed by atoms with Gasteiger partial charge in [-0.2, -0.15) is 11.3 Å². The van der Waals surface area contributed by atoms with Crippen LogP contribution in [0.2, 0.25) is 5.02 Å². The Hall–Kier alpha value is -0.350. The van der Waals surface area contributed by atoms with Gasteiger partial charge in [-0.25, -0.2) is 0 Å². The lowest BCUT2D eigenvalue weighted by atomic mass is 10.0. The molecule has 78 valence electrons. The van der Waals surface area contributed by atoms with E-state index in [9.17, 15) is 5.11 Å². The van der Waals surface area contributed by atoms with E-state index in [-0.39, 0.29) is 0 Å². The smallest absolute Gasteiger partial charge is 0.106 e. The van der Waals surface area contributed by atoms with Gasteiger partial charge in [0.15, 0.2) is 0 Å². The molecular weight excluding hydrogens is 296 g/mol. The van der Waals surface area contributed by atoms with E-state index < -0.39 is 6.10 Å². The lowest BCUT2D eigenvalue weighted by Gasteiger charge is -2.11. The molecule has 15 heavy (non-hydrogen) atoms. The summed E-state index contributed by atoms with van der Waals surface area (Å²) in [6, 6.07) is 7.30. The van der Waals surface area contributed by atoms with Gasteiger partial charge in [-0.05, 0) is 40.1 Å². The van der Waals surface area contributed by atoms with Gasteiger partial charge in [-0.15, -0.1) is 0 Å². The number of thiophene rings is 1. The van der Waals surface area contributed by atoms with Crippen molar-refractivity contribution in [3.8, 4) is 0 Å². The number of rotatable bonds is 2. The molecule has 0 fully saturated rings. The Morgan fingerprint density at radius 1 is 1.33 bits per heavy atom. The molecular formula is C11H8BrClOS. The van der Waals surface area contributed by atoms with E-state index in [2.05, 4.69) is 15.9 Å². The molecule has 1 aromatic heterocycles. The van der Waals surface area contributed by atoms with Crippen molar-refractivity contribution in [1.29, 1.82) is 0 Å². The van der Waals surface area contributed by atoms with Crippen molar-refractivity contribution in [3.63, 3.8) is 0 Å². The standard InChI is InChI=1S/C11H8BrClOS/c12-10-5-8(13)1-2-9(10)11(14)7-3-4-15-6-7/h1-6,11,14H. The summed E-state index contributed by atoms with van der Waals surface area (Å²) in [7, 11) is 0. The Morgan fingerprint density at radius 3 is 2.73 bits per heavy atom. The van der Waals surface area contributed by atoms with Crippen LogP contribution >= 0.6 is 38.9 Å². The molecule has 2 rings (SSSR count). The summed E-state index contributed by atoms with van der Waals surface area (Å²) in [4.78, 5) is 0. The summed E-state index contributed by atoms with van der Waals surface area (Å²) in [5.41, 5.74) is 1.74. The fourth-order valence-electron chi connectivity index (χ4n) is 1.33. The zero-order chi connectivity index (χ0) is 10.8. The van der Waals surface area contributed by atoms with Crippen LogP contribution in [0, 0.1) is 0 Å². The van der Waals surface area contributed by atoms with Crippen molar-refractivity contribution < 1.29 is 5.11 Å². The Bertz CT molecular complexity index is 456. The predicted molar refractivity (Wildman–Crippen MR) is 67.5 cm³/mol. The highest BCUT2D eigenvalue weighted by molar-refractivity contribution is 9.10. The van der Waals surface area contributed by atoms with Crippen molar-refractivity contribution in [3.05, 3.63) is 55.6 Å². The molecule has 1 nitrogen and oxygen atoms in total. The molecule has 0 aliphatic heterocycles. The van der Waals surface area contributed by atoms with Gasteiger partial charge in [-0.1, -0.05) is 33.6 Å². The molecule has 1 heterocycles. The van der Waals surface area contributed by atoms with Crippen molar-refractivity contribution in [2.45, 2.75) is 6.10 Å². The van der Waals surface area contributed by atoms with Gasteiger partial charge in [-0.3, -0.25) is 0 Å². The molecule has 1 unspecified atom stereocenters. The first kappa shape index (κ1) is 11.1. The Kier molecular flexibility index (Phi) is 3.46. The van der Waals surface area contributed by atoms with Gasteiger partial charge in [0, 0.05) is 9.50 Å². The summed E-state index contributed by atoms with van der Waals surface area (Å²) in [5.74, 6) is 0. The number of halogens is 2. The SMILES string of the molecule is OC(c1ccsc1)c1ccc(Cl)cc1Br. The van der Waals surface area contributed by atoms with Crippen LogP contribution in [-0.2, 0) is 0 Å². The van der Waals surface area contributed by atoms with E-state index in [1.165, 1.54) is 0 Å². The summed E-state index contributed by atoms with van der Waals surface area (Å²) in [5, 5.41) is 14.6. The van der Waals surface area contributed by atoms with E-state index in [1.807, 2.05) is 22.9 Å². The highest BCUT2D eigenvalue weighted by Crippen LogP contribution is 2.31. The monoisotopic (exact) mass is 302 g/mol. The van der Waals surface area contributed by atoms with Gasteiger partial charge in [0.2, 0.25) is 0 Å². The van der Waals surface area contributed by atoms with E-state index in [0.717, 1.165) is 15.6 Å². The van der Waals surface area contributed by atoms with E-state index in [1.54, 1.807) is 23.5 Å². The molecule has 0 aliphatic rings. The maximum atomic E-state index is 10.1. The number of hydrogen-bond donors (Lipinski definition) is 1. The molecule has 0 radical (unpaired) electrons. The van der Waals surface area contributed by atoms with Crippen molar-refractivity contribution in [1.82, 2.24) is 0 Å². The van der Waals surface area contributed by atoms with Crippen LogP contribution in [0.5, 0.6) is 0 Å². The first-order valence-electron chi connectivity index (χ1n) is 4.33. The van der Waals surface area contributed by atoms with Crippen LogP contribution in [0.1, 0.15) is 17.2 Å². The second-order valence-electron chi connectivity index (χ2n) is 3.13. The van der Waals surface area contributed by atoms with Crippen LogP contribution < -0.4 is 0 Å². The molecule has 2 aromatic rings. The van der Waals surface area contributed by atoms with Crippen LogP contribution in [0.4, 0.5) is 0 Å². The zero-order valence-electron chi connectivity index (χ0n) is 7.65. The minimum Gasteiger partial charge on any atom is -0.384 e. The van der Waals surface area contributed by atoms with Crippen LogP contribution in [0.25, 0.3) is 0 Å². The van der Waals surface area contributed by atoms with Crippen LogP contribution in [0.3, 0.4) is 0 Å². The van der Waals surface area contributed by atoms with Gasteiger partial charge < -0.3 is 5.11 Å². The summed E-state index contributed by atoms with van der Waals surface area (Å²) in [6.07, 6.45) is -0.595. The topological polar surface area (TPSA) is 20.2 Å². The molecule has 0 aliphatic carbocycles. The maximum Gasteiger partial charge on any atom is 0.106 e. The normalized spacial score (nSPS) is 12.7. The van der Waals surface area contributed by atoms with Gasteiger partial charge in [0.1, 0.15) is 6.10 Å². The number of aliphatic hydroxyl groups is 1. The lowest BCUT2D eigenvalue weighted by Crippen LogP contribution is -1.98. The second kappa shape index (κ2) is 4.66. The number of hydrogen-bond acceptors (Lipinski definition) is 2. The van der Waals surface area contributed by atoms with E-state index >= 15 is 0 Å². The quantitative estimate of drug-likeness (QED) is 0.879. The second-order valence-corrected chi connectivity index (χ2v) is 5.20. The van der Waals surface area contributed by atoms with Crippen molar-refractivity contribution in [2.75, 3.05) is 0 Å². The third-order valence-corrected chi connectivity index (χ3v) is 3.74. The first-order valence-corrected chi connectivity index (χ1v) is 6.45. The molecule has 0 bridgehead atoms.